The van der Waals surface area contributed by atoms with Gasteiger partial charge in [-0.05, 0) is 54.6 Å². The lowest BCUT2D eigenvalue weighted by atomic mass is 10.4. The van der Waals surface area contributed by atoms with Gasteiger partial charge in [0.25, 0.3) is 0 Å². The Balaban J connectivity index is 0. The molecule has 0 radical (unpaired) electrons. The van der Waals surface area contributed by atoms with Crippen LogP contribution in [0.15, 0.2) is 52.5 Å². The van der Waals surface area contributed by atoms with Gasteiger partial charge in [-0.3, -0.25) is 0 Å². The van der Waals surface area contributed by atoms with Crippen LogP contribution in [0, 0.1) is 13.8 Å². The molecule has 0 amide bonds. The number of aryl methyl sites for hydroxylation is 3. The van der Waals surface area contributed by atoms with Crippen LogP contribution < -0.4 is 0 Å². The lowest BCUT2D eigenvalue weighted by molar-refractivity contribution is 1.19. The average molecular weight is 369 g/mol. The van der Waals surface area contributed by atoms with Gasteiger partial charge in [0.15, 0.2) is 0 Å². The molecule has 0 unspecified atom stereocenters. The standard InChI is InChI=1S/C6H8S.2C5H6S.2C2H6/c1-2-6-4-3-5-7-6;2*1-5-3-2-4-6-5;2*1-2/h3-5H,2H2,1H3;2*2-4H,1H3;2*1-2H3. The van der Waals surface area contributed by atoms with Gasteiger partial charge >= 0.3 is 0 Å². The molecule has 0 saturated heterocycles. The Morgan fingerprint density at radius 1 is 0.652 bits per heavy atom. The Bertz CT molecular complexity index is 459. The maximum atomic E-state index is 2.17. The van der Waals surface area contributed by atoms with Crippen LogP contribution in [0.25, 0.3) is 0 Å². The van der Waals surface area contributed by atoms with Gasteiger partial charge in [-0.1, -0.05) is 52.8 Å². The molecule has 3 rings (SSSR count). The Morgan fingerprint density at radius 2 is 1.04 bits per heavy atom. The molecule has 0 aromatic carbocycles. The molecule has 0 aliphatic carbocycles. The Labute approximate surface area is 155 Å². The molecule has 130 valence electrons. The molecule has 0 atom stereocenters. The third kappa shape index (κ3) is 15.8. The highest BCUT2D eigenvalue weighted by atomic mass is 32.1. The first kappa shape index (κ1) is 24.4. The summed E-state index contributed by atoms with van der Waals surface area (Å²) in [6.45, 7) is 14.4. The SMILES string of the molecule is CC.CC.CCc1cccs1.Cc1cccs1.Cc1cccs1. The van der Waals surface area contributed by atoms with Crippen molar-refractivity contribution in [2.75, 3.05) is 0 Å². The zero-order chi connectivity index (χ0) is 17.9. The van der Waals surface area contributed by atoms with Crippen molar-refractivity contribution in [3.05, 3.63) is 67.2 Å². The fourth-order valence-corrected chi connectivity index (χ4v) is 2.95. The first-order chi connectivity index (χ1) is 11.2. The van der Waals surface area contributed by atoms with Crippen molar-refractivity contribution in [1.29, 1.82) is 0 Å². The van der Waals surface area contributed by atoms with Gasteiger partial charge in [-0.2, -0.15) is 0 Å². The summed E-state index contributed by atoms with van der Waals surface area (Å²) in [6.07, 6.45) is 1.18. The smallest absolute Gasteiger partial charge is 0.00424 e. The topological polar surface area (TPSA) is 0 Å². The Hall–Kier alpha value is -0.900. The zero-order valence-electron chi connectivity index (χ0n) is 15.6. The average Bonchev–Trinajstić information content (AvgIpc) is 3.36. The third-order valence-corrected chi connectivity index (χ3v) is 4.88. The normalized spacial score (nSPS) is 7.96. The molecular formula is C20H32S3. The molecule has 0 N–H and O–H groups in total. The quantitative estimate of drug-likeness (QED) is 0.404. The van der Waals surface area contributed by atoms with E-state index in [-0.39, 0.29) is 0 Å². The van der Waals surface area contributed by atoms with Crippen molar-refractivity contribution in [2.45, 2.75) is 54.9 Å². The summed E-state index contributed by atoms with van der Waals surface area (Å²) < 4.78 is 0. The summed E-state index contributed by atoms with van der Waals surface area (Å²) in [4.78, 5) is 4.24. The molecule has 3 aromatic heterocycles. The minimum atomic E-state index is 1.18. The third-order valence-electron chi connectivity index (χ3n) is 2.26. The van der Waals surface area contributed by atoms with Gasteiger partial charge in [0.1, 0.15) is 0 Å². The van der Waals surface area contributed by atoms with E-state index in [1.807, 2.05) is 39.0 Å². The molecule has 23 heavy (non-hydrogen) atoms. The van der Waals surface area contributed by atoms with Gasteiger partial charge in [-0.15, -0.1) is 34.0 Å². The molecule has 0 bridgehead atoms. The number of thiophene rings is 3. The number of hydrogen-bond acceptors (Lipinski definition) is 3. The first-order valence-corrected chi connectivity index (χ1v) is 10.9. The highest BCUT2D eigenvalue weighted by Crippen LogP contribution is 2.07. The summed E-state index contributed by atoms with van der Waals surface area (Å²) in [5.41, 5.74) is 0. The fourth-order valence-electron chi connectivity index (χ4n) is 1.24. The summed E-state index contributed by atoms with van der Waals surface area (Å²) in [6, 6.07) is 12.6. The molecule has 0 spiro atoms. The second kappa shape index (κ2) is 19.1. The highest BCUT2D eigenvalue weighted by Gasteiger charge is 1.82. The lowest BCUT2D eigenvalue weighted by Gasteiger charge is -1.78. The number of hydrogen-bond donors (Lipinski definition) is 0. The Kier molecular flexibility index (Phi) is 20.3. The van der Waals surface area contributed by atoms with Crippen molar-refractivity contribution in [3.63, 3.8) is 0 Å². The van der Waals surface area contributed by atoms with E-state index in [1.54, 1.807) is 22.7 Å². The zero-order valence-corrected chi connectivity index (χ0v) is 18.1. The summed E-state index contributed by atoms with van der Waals surface area (Å²) in [5.74, 6) is 0. The van der Waals surface area contributed by atoms with E-state index in [9.17, 15) is 0 Å². The summed E-state index contributed by atoms with van der Waals surface area (Å²) in [7, 11) is 0. The second-order valence-corrected chi connectivity index (χ2v) is 7.22. The molecule has 0 aliphatic rings. The number of rotatable bonds is 1. The summed E-state index contributed by atoms with van der Waals surface area (Å²) >= 11 is 5.38. The van der Waals surface area contributed by atoms with Gasteiger partial charge in [-0.25, -0.2) is 0 Å². The molecule has 0 nitrogen and oxygen atoms in total. The molecule has 3 heteroatoms. The van der Waals surface area contributed by atoms with Crippen molar-refractivity contribution >= 4 is 34.0 Å². The fraction of sp³-hybridized carbons (Fsp3) is 0.400. The van der Waals surface area contributed by atoms with Gasteiger partial charge < -0.3 is 0 Å². The van der Waals surface area contributed by atoms with E-state index in [0.29, 0.717) is 0 Å². The minimum Gasteiger partial charge on any atom is -0.149 e. The van der Waals surface area contributed by atoms with E-state index in [4.69, 9.17) is 0 Å². The van der Waals surface area contributed by atoms with Crippen molar-refractivity contribution < 1.29 is 0 Å². The van der Waals surface area contributed by atoms with Crippen LogP contribution >= 0.6 is 34.0 Å². The van der Waals surface area contributed by atoms with Crippen LogP contribution in [0.1, 0.15) is 49.3 Å². The molecule has 0 saturated carbocycles. The molecular weight excluding hydrogens is 336 g/mol. The van der Waals surface area contributed by atoms with Gasteiger partial charge in [0.05, 0.1) is 0 Å². The maximum absolute atomic E-state index is 2.17. The predicted octanol–water partition coefficient (Wildman–Crippen LogP) is 8.48. The largest absolute Gasteiger partial charge is 0.149 e. The van der Waals surface area contributed by atoms with Gasteiger partial charge in [0, 0.05) is 14.6 Å². The van der Waals surface area contributed by atoms with E-state index >= 15 is 0 Å². The minimum absolute atomic E-state index is 1.18. The predicted molar refractivity (Wildman–Crippen MR) is 115 cm³/mol. The Morgan fingerprint density at radius 3 is 1.17 bits per heavy atom. The van der Waals surface area contributed by atoms with E-state index in [0.717, 1.165) is 0 Å². The van der Waals surface area contributed by atoms with E-state index in [1.165, 1.54) is 21.1 Å². The maximum Gasteiger partial charge on any atom is 0.00424 e. The molecule has 3 aromatic rings. The molecule has 0 aliphatic heterocycles. The van der Waals surface area contributed by atoms with Crippen LogP contribution in [0.3, 0.4) is 0 Å². The van der Waals surface area contributed by atoms with Crippen LogP contribution in [0.2, 0.25) is 0 Å². The van der Waals surface area contributed by atoms with Crippen molar-refractivity contribution in [1.82, 2.24) is 0 Å². The van der Waals surface area contributed by atoms with Gasteiger partial charge in [0.2, 0.25) is 0 Å². The first-order valence-electron chi connectivity index (χ1n) is 8.25. The van der Waals surface area contributed by atoms with Crippen LogP contribution in [0.5, 0.6) is 0 Å². The molecule has 0 fully saturated rings. The second-order valence-electron chi connectivity index (χ2n) is 3.88. The lowest BCUT2D eigenvalue weighted by Crippen LogP contribution is -1.63. The van der Waals surface area contributed by atoms with Crippen LogP contribution in [-0.2, 0) is 6.42 Å². The van der Waals surface area contributed by atoms with Crippen molar-refractivity contribution in [3.8, 4) is 0 Å². The van der Waals surface area contributed by atoms with Crippen LogP contribution in [-0.4, -0.2) is 0 Å². The molecule has 3 heterocycles. The highest BCUT2D eigenvalue weighted by molar-refractivity contribution is 7.10. The van der Waals surface area contributed by atoms with Crippen molar-refractivity contribution in [2.24, 2.45) is 0 Å². The van der Waals surface area contributed by atoms with E-state index < -0.39 is 0 Å². The van der Waals surface area contributed by atoms with E-state index in [2.05, 4.69) is 73.3 Å². The van der Waals surface area contributed by atoms with Crippen LogP contribution in [0.4, 0.5) is 0 Å². The monoisotopic (exact) mass is 368 g/mol. The summed E-state index contributed by atoms with van der Waals surface area (Å²) in [5, 5.41) is 6.27.